The Morgan fingerprint density at radius 2 is 1.91 bits per heavy atom. The molecule has 0 saturated carbocycles. The van der Waals surface area contributed by atoms with Gasteiger partial charge in [-0.1, -0.05) is 0 Å². The normalized spacial score (nSPS) is 33.2. The Morgan fingerprint density at radius 1 is 1.26 bits per heavy atom. The van der Waals surface area contributed by atoms with Crippen LogP contribution in [0.2, 0.25) is 0 Å². The van der Waals surface area contributed by atoms with Crippen molar-refractivity contribution >= 4 is 24.5 Å². The zero-order valence-corrected chi connectivity index (χ0v) is 14.6. The van der Waals surface area contributed by atoms with E-state index in [1.54, 1.807) is 0 Å². The molecule has 0 amide bonds. The molecule has 0 aromatic carbocycles. The molecular formula is C6H18NO13P3. The molecule has 2 saturated heterocycles. The van der Waals surface area contributed by atoms with Gasteiger partial charge in [0.15, 0.2) is 0 Å². The average molecular weight is 405 g/mol. The molecule has 3 atom stereocenters. The van der Waals surface area contributed by atoms with Crippen molar-refractivity contribution in [3.63, 3.8) is 0 Å². The van der Waals surface area contributed by atoms with E-state index in [-0.39, 0.29) is 6.61 Å². The number of hydrogen-bond donors (Lipinski definition) is 5. The molecule has 2 heterocycles. The van der Waals surface area contributed by atoms with E-state index in [1.165, 1.54) is 0 Å². The Balaban J connectivity index is 1.83. The molecule has 2 fully saturated rings. The quantitative estimate of drug-likeness (QED) is 0.132. The molecule has 14 nitrogen and oxygen atoms in total. The van der Waals surface area contributed by atoms with Crippen LogP contribution in [-0.2, 0) is 31.8 Å². The van der Waals surface area contributed by atoms with E-state index in [9.17, 15) is 29.6 Å². The van der Waals surface area contributed by atoms with Crippen LogP contribution in [0, 0.1) is 4.91 Å². The summed E-state index contributed by atoms with van der Waals surface area (Å²) < 4.78 is 31.7. The molecule has 0 aromatic rings. The van der Waals surface area contributed by atoms with Gasteiger partial charge in [0.25, 0.3) is 0 Å². The van der Waals surface area contributed by atoms with Gasteiger partial charge in [-0.2, -0.15) is 0 Å². The third-order valence-electron chi connectivity index (χ3n) is 2.82. The Labute approximate surface area is 130 Å². The van der Waals surface area contributed by atoms with Crippen molar-refractivity contribution in [2.24, 2.45) is 5.18 Å². The summed E-state index contributed by atoms with van der Waals surface area (Å²) in [4.78, 5) is 48.5. The van der Waals surface area contributed by atoms with Gasteiger partial charge >= 0.3 is 130 Å². The summed E-state index contributed by atoms with van der Waals surface area (Å²) in [5.74, 6) is 0. The molecule has 2 aliphatic rings. The molecule has 2 rings (SSSR count). The van der Waals surface area contributed by atoms with E-state index < -0.39 is 49.4 Å². The van der Waals surface area contributed by atoms with E-state index in [0.29, 0.717) is 0 Å². The van der Waals surface area contributed by atoms with Crippen molar-refractivity contribution in [2.75, 3.05) is 20.3 Å². The zero-order chi connectivity index (χ0) is 17.3. The predicted octanol–water partition coefficient (Wildman–Crippen LogP) is -1.26. The molecule has 0 aromatic heterocycles. The predicted molar refractivity (Wildman–Crippen MR) is 76.5 cm³/mol. The zero-order valence-electron chi connectivity index (χ0n) is 11.6. The molecule has 5 N–H and O–H groups in total. The monoisotopic (exact) mass is 405 g/mol. The van der Waals surface area contributed by atoms with Crippen molar-refractivity contribution in [3.8, 4) is 0 Å². The maximum atomic E-state index is 10.4. The van der Waals surface area contributed by atoms with E-state index in [2.05, 4.69) is 32.2 Å². The van der Waals surface area contributed by atoms with Gasteiger partial charge in [0.1, 0.15) is 0 Å². The van der Waals surface area contributed by atoms with Crippen molar-refractivity contribution in [2.45, 2.75) is 18.2 Å². The second-order valence-electron chi connectivity index (χ2n) is 4.52. The summed E-state index contributed by atoms with van der Waals surface area (Å²) in [6.45, 7) is -0.764. The number of rotatable bonds is 9. The van der Waals surface area contributed by atoms with Crippen LogP contribution in [0.1, 0.15) is 0 Å². The number of aliphatic hydroxyl groups is 1. The summed E-state index contributed by atoms with van der Waals surface area (Å²) in [5.41, 5.74) is 0. The number of hydrogen-bond acceptors (Lipinski definition) is 14. The number of aliphatic hydroxyl groups excluding tert-OH is 1. The van der Waals surface area contributed by atoms with Gasteiger partial charge in [-0.25, -0.2) is 0 Å². The van der Waals surface area contributed by atoms with Crippen molar-refractivity contribution in [1.82, 2.24) is 0 Å². The molecule has 0 bridgehead atoms. The fraction of sp³-hybridized carbons (Fsp3) is 1.00. The van der Waals surface area contributed by atoms with Gasteiger partial charge in [-0.3, -0.25) is 0 Å². The third-order valence-corrected chi connectivity index (χ3v) is 8.49. The second-order valence-corrected chi connectivity index (χ2v) is 10.4. The van der Waals surface area contributed by atoms with Crippen molar-refractivity contribution < 1.29 is 56.4 Å². The molecule has 0 aliphatic carbocycles. The fourth-order valence-corrected chi connectivity index (χ4v) is 6.52. The summed E-state index contributed by atoms with van der Waals surface area (Å²) in [6, 6.07) is -1.01. The number of ether oxygens (including phenoxy) is 1. The molecule has 17 heteroatoms. The molecule has 140 valence electrons. The minimum atomic E-state index is -5.10. The summed E-state index contributed by atoms with van der Waals surface area (Å²) in [7, 11) is -12.7. The van der Waals surface area contributed by atoms with Crippen LogP contribution in [0.25, 0.3) is 0 Å². The van der Waals surface area contributed by atoms with Gasteiger partial charge in [-0.05, 0) is 0 Å². The van der Waals surface area contributed by atoms with Crippen molar-refractivity contribution in [1.29, 1.82) is 0 Å². The molecule has 2 unspecified atom stereocenters. The Bertz CT molecular complexity index is 432. The average Bonchev–Trinajstić information content (AvgIpc) is 3.10. The van der Waals surface area contributed by atoms with E-state index >= 15 is 0 Å². The number of nitroso groups, excluding NO2 is 1. The van der Waals surface area contributed by atoms with E-state index in [4.69, 9.17) is 4.74 Å². The Hall–Kier alpha value is 0.410. The standard InChI is InChI=1S/C6H18NO13P3/c1-14-23(17-18-23)20-22(12,13)19-21(10,11)16-3-5-6(8)4(7-9)2-15-5/h4-6,8,10-13,21-23H,2-3H2,1H3/t4?,5-,6?/m0/s1. The van der Waals surface area contributed by atoms with Gasteiger partial charge in [0, 0.05) is 0 Å². The maximum absolute atomic E-state index is 10.4. The van der Waals surface area contributed by atoms with Crippen LogP contribution < -0.4 is 0 Å². The van der Waals surface area contributed by atoms with Gasteiger partial charge in [-0.15, -0.1) is 0 Å². The van der Waals surface area contributed by atoms with E-state index in [1.807, 2.05) is 0 Å². The first-order valence-corrected chi connectivity index (χ1v) is 11.2. The van der Waals surface area contributed by atoms with Crippen LogP contribution in [-0.4, -0.2) is 63.3 Å². The SMILES string of the molecule is CO[PH]1(O[PH](O)(O)O[PH](O)(O)OC[C@@H]2OCC(N=O)C2O)OO1. The van der Waals surface area contributed by atoms with Crippen LogP contribution >= 0.6 is 24.5 Å². The summed E-state index contributed by atoms with van der Waals surface area (Å²) in [6.07, 6.45) is -2.38. The molecule has 0 radical (unpaired) electrons. The summed E-state index contributed by atoms with van der Waals surface area (Å²) >= 11 is 0. The van der Waals surface area contributed by atoms with Crippen molar-refractivity contribution in [3.05, 3.63) is 4.91 Å². The first-order chi connectivity index (χ1) is 10.6. The van der Waals surface area contributed by atoms with Gasteiger partial charge < -0.3 is 0 Å². The van der Waals surface area contributed by atoms with E-state index in [0.717, 1.165) is 7.11 Å². The van der Waals surface area contributed by atoms with Crippen LogP contribution in [0.15, 0.2) is 5.18 Å². The fourth-order valence-electron chi connectivity index (χ4n) is 1.66. The molecule has 0 spiro atoms. The Morgan fingerprint density at radius 3 is 2.39 bits per heavy atom. The second kappa shape index (κ2) is 7.34. The third kappa shape index (κ3) is 5.44. The molecular weight excluding hydrogens is 387 g/mol. The summed E-state index contributed by atoms with van der Waals surface area (Å²) in [5, 5.41) is 12.2. The topological polar surface area (TPSA) is 202 Å². The first kappa shape index (κ1) is 19.7. The van der Waals surface area contributed by atoms with Gasteiger partial charge in [0.2, 0.25) is 0 Å². The van der Waals surface area contributed by atoms with Crippen LogP contribution in [0.5, 0.6) is 0 Å². The van der Waals surface area contributed by atoms with Gasteiger partial charge in [0.05, 0.1) is 0 Å². The first-order valence-electron chi connectivity index (χ1n) is 6.10. The van der Waals surface area contributed by atoms with Crippen LogP contribution in [0.3, 0.4) is 0 Å². The van der Waals surface area contributed by atoms with Crippen LogP contribution in [0.4, 0.5) is 0 Å². The minimum absolute atomic E-state index is 0.163. The molecule has 23 heavy (non-hydrogen) atoms. The molecule has 2 aliphatic heterocycles. The number of nitrogens with zero attached hydrogens (tertiary/aromatic N) is 1. The Kier molecular flexibility index (Phi) is 6.30.